The number of anilines is 1. The van der Waals surface area contributed by atoms with Gasteiger partial charge in [0, 0.05) is 43.4 Å². The van der Waals surface area contributed by atoms with Crippen LogP contribution in [0.25, 0.3) is 11.3 Å². The van der Waals surface area contributed by atoms with Gasteiger partial charge in [0.1, 0.15) is 5.69 Å². The zero-order valence-electron chi connectivity index (χ0n) is 18.0. The molecule has 2 aromatic heterocycles. The van der Waals surface area contributed by atoms with Crippen LogP contribution in [-0.2, 0) is 11.3 Å². The number of aryl methyl sites for hydroxylation is 1. The van der Waals surface area contributed by atoms with Gasteiger partial charge in [0.2, 0.25) is 5.91 Å². The lowest BCUT2D eigenvalue weighted by atomic mass is 9.93. The van der Waals surface area contributed by atoms with Crippen LogP contribution in [0, 0.1) is 12.8 Å². The Morgan fingerprint density at radius 2 is 1.94 bits per heavy atom. The Morgan fingerprint density at radius 3 is 2.61 bits per heavy atom. The van der Waals surface area contributed by atoms with E-state index >= 15 is 0 Å². The lowest BCUT2D eigenvalue weighted by Gasteiger charge is -2.31. The molecule has 0 saturated carbocycles. The molecule has 3 heterocycles. The first kappa shape index (κ1) is 20.8. The number of nitrogens with one attached hydrogen (secondary N) is 2. The normalized spacial score (nSPS) is 14.6. The van der Waals surface area contributed by atoms with E-state index in [0.717, 1.165) is 41.9 Å². The van der Waals surface area contributed by atoms with E-state index in [4.69, 9.17) is 0 Å². The van der Waals surface area contributed by atoms with Gasteiger partial charge >= 0.3 is 0 Å². The highest BCUT2D eigenvalue weighted by atomic mass is 16.2. The largest absolute Gasteiger partial charge is 0.337 e. The molecule has 0 spiro atoms. The van der Waals surface area contributed by atoms with Crippen molar-refractivity contribution in [2.45, 2.75) is 39.7 Å². The molecule has 4 rings (SSSR count). The Morgan fingerprint density at radius 1 is 1.19 bits per heavy atom. The van der Waals surface area contributed by atoms with Crippen molar-refractivity contribution in [1.29, 1.82) is 0 Å². The second kappa shape index (κ2) is 9.16. The average molecular weight is 421 g/mol. The number of nitrogens with zero attached hydrogens (tertiary/aromatic N) is 4. The van der Waals surface area contributed by atoms with Gasteiger partial charge in [0.25, 0.3) is 5.91 Å². The number of H-pyrrole nitrogens is 1. The van der Waals surface area contributed by atoms with Crippen molar-refractivity contribution in [3.63, 3.8) is 0 Å². The van der Waals surface area contributed by atoms with Crippen molar-refractivity contribution >= 4 is 17.5 Å². The van der Waals surface area contributed by atoms with Crippen LogP contribution in [0.1, 0.15) is 42.2 Å². The molecule has 0 atom stereocenters. The van der Waals surface area contributed by atoms with Crippen LogP contribution in [0.4, 0.5) is 5.69 Å². The number of aromatic amines is 1. The summed E-state index contributed by atoms with van der Waals surface area (Å²) in [7, 11) is 0. The van der Waals surface area contributed by atoms with Crippen molar-refractivity contribution < 1.29 is 9.59 Å². The summed E-state index contributed by atoms with van der Waals surface area (Å²) in [5, 5.41) is 14.4. The number of amides is 2. The Balaban J connectivity index is 1.31. The fourth-order valence-electron chi connectivity index (χ4n) is 4.06. The molecule has 1 aliphatic heterocycles. The standard InChI is InChI=1S/C23H28N6O2/c1-3-29-15-19(14-24-29)25-20(30)13-17-9-11-28(12-10-17)23(31)22-16(2)21(26-27-22)18-7-5-4-6-8-18/h4-8,14-15,17H,3,9-13H2,1-2H3,(H,25,30)(H,26,27). The average Bonchev–Trinajstić information content (AvgIpc) is 3.40. The summed E-state index contributed by atoms with van der Waals surface area (Å²) in [5.74, 6) is 0.243. The minimum atomic E-state index is -0.0259. The Hall–Kier alpha value is -3.42. The summed E-state index contributed by atoms with van der Waals surface area (Å²) in [4.78, 5) is 27.2. The van der Waals surface area contributed by atoms with Crippen LogP contribution < -0.4 is 5.32 Å². The minimum Gasteiger partial charge on any atom is -0.337 e. The molecular formula is C23H28N6O2. The lowest BCUT2D eigenvalue weighted by Crippen LogP contribution is -2.39. The molecule has 0 aliphatic carbocycles. The topological polar surface area (TPSA) is 95.9 Å². The molecule has 1 saturated heterocycles. The van der Waals surface area contributed by atoms with Gasteiger partial charge in [-0.2, -0.15) is 10.2 Å². The van der Waals surface area contributed by atoms with Gasteiger partial charge in [0.05, 0.1) is 17.6 Å². The second-order valence-electron chi connectivity index (χ2n) is 8.01. The number of benzene rings is 1. The SMILES string of the molecule is CCn1cc(NC(=O)CC2CCN(C(=O)c3[nH]nc(-c4ccccc4)c3C)CC2)cn1. The van der Waals surface area contributed by atoms with Crippen molar-refractivity contribution in [1.82, 2.24) is 24.9 Å². The Labute approximate surface area is 181 Å². The summed E-state index contributed by atoms with van der Waals surface area (Å²) in [6.07, 6.45) is 5.58. The Kier molecular flexibility index (Phi) is 6.16. The van der Waals surface area contributed by atoms with E-state index in [-0.39, 0.29) is 17.7 Å². The molecule has 2 amide bonds. The van der Waals surface area contributed by atoms with E-state index in [2.05, 4.69) is 20.6 Å². The summed E-state index contributed by atoms with van der Waals surface area (Å²) < 4.78 is 1.78. The summed E-state index contributed by atoms with van der Waals surface area (Å²) >= 11 is 0. The third-order valence-corrected chi connectivity index (χ3v) is 5.89. The predicted octanol–water partition coefficient (Wildman–Crippen LogP) is 3.48. The van der Waals surface area contributed by atoms with E-state index in [0.29, 0.717) is 25.2 Å². The van der Waals surface area contributed by atoms with Gasteiger partial charge in [-0.1, -0.05) is 30.3 Å². The van der Waals surface area contributed by atoms with Crippen LogP contribution in [0.15, 0.2) is 42.7 Å². The van der Waals surface area contributed by atoms with Gasteiger partial charge in [-0.05, 0) is 32.6 Å². The highest BCUT2D eigenvalue weighted by Gasteiger charge is 2.27. The van der Waals surface area contributed by atoms with E-state index in [9.17, 15) is 9.59 Å². The quantitative estimate of drug-likeness (QED) is 0.638. The van der Waals surface area contributed by atoms with E-state index in [1.807, 2.05) is 55.3 Å². The first-order chi connectivity index (χ1) is 15.0. The molecule has 2 N–H and O–H groups in total. The van der Waals surface area contributed by atoms with Crippen molar-refractivity contribution in [2.75, 3.05) is 18.4 Å². The number of carbonyl (C=O) groups excluding carboxylic acids is 2. The van der Waals surface area contributed by atoms with Crippen molar-refractivity contribution in [3.05, 3.63) is 54.0 Å². The first-order valence-corrected chi connectivity index (χ1v) is 10.8. The molecule has 0 radical (unpaired) electrons. The zero-order valence-corrected chi connectivity index (χ0v) is 18.0. The first-order valence-electron chi connectivity index (χ1n) is 10.8. The van der Waals surface area contributed by atoms with Crippen LogP contribution in [0.2, 0.25) is 0 Å². The predicted molar refractivity (Wildman–Crippen MR) is 119 cm³/mol. The molecule has 1 aliphatic rings. The number of hydrogen-bond donors (Lipinski definition) is 2. The fourth-order valence-corrected chi connectivity index (χ4v) is 4.06. The third-order valence-electron chi connectivity index (χ3n) is 5.89. The molecule has 162 valence electrons. The summed E-state index contributed by atoms with van der Waals surface area (Å²) in [5.41, 5.74) is 3.93. The molecule has 0 unspecified atom stereocenters. The smallest absolute Gasteiger partial charge is 0.272 e. The highest BCUT2D eigenvalue weighted by molar-refractivity contribution is 5.95. The number of carbonyl (C=O) groups is 2. The van der Waals surface area contributed by atoms with Crippen LogP contribution in [0.5, 0.6) is 0 Å². The number of rotatable bonds is 6. The van der Waals surface area contributed by atoms with E-state index in [1.54, 1.807) is 10.9 Å². The Bertz CT molecular complexity index is 1050. The van der Waals surface area contributed by atoms with Crippen LogP contribution in [-0.4, -0.2) is 49.8 Å². The van der Waals surface area contributed by atoms with Crippen molar-refractivity contribution in [3.8, 4) is 11.3 Å². The molecular weight excluding hydrogens is 392 g/mol. The third kappa shape index (κ3) is 4.68. The zero-order chi connectivity index (χ0) is 21.8. The van der Waals surface area contributed by atoms with Crippen LogP contribution >= 0.6 is 0 Å². The van der Waals surface area contributed by atoms with E-state index < -0.39 is 0 Å². The van der Waals surface area contributed by atoms with Crippen LogP contribution in [0.3, 0.4) is 0 Å². The van der Waals surface area contributed by atoms with Crippen molar-refractivity contribution in [2.24, 2.45) is 5.92 Å². The maximum Gasteiger partial charge on any atom is 0.272 e. The van der Waals surface area contributed by atoms with E-state index in [1.165, 1.54) is 0 Å². The molecule has 8 heteroatoms. The fraction of sp³-hybridized carbons (Fsp3) is 0.391. The number of likely N-dealkylation sites (tertiary alicyclic amines) is 1. The lowest BCUT2D eigenvalue weighted by molar-refractivity contribution is -0.117. The minimum absolute atomic E-state index is 0.00246. The molecule has 0 bridgehead atoms. The summed E-state index contributed by atoms with van der Waals surface area (Å²) in [6, 6.07) is 9.85. The number of aromatic nitrogens is 4. The maximum atomic E-state index is 13.0. The van der Waals surface area contributed by atoms with Gasteiger partial charge in [-0.3, -0.25) is 19.4 Å². The molecule has 3 aromatic rings. The molecule has 1 fully saturated rings. The summed E-state index contributed by atoms with van der Waals surface area (Å²) in [6.45, 7) is 5.98. The van der Waals surface area contributed by atoms with Gasteiger partial charge in [-0.15, -0.1) is 0 Å². The molecule has 1 aromatic carbocycles. The maximum absolute atomic E-state index is 13.0. The second-order valence-corrected chi connectivity index (χ2v) is 8.01. The number of piperidine rings is 1. The monoisotopic (exact) mass is 420 g/mol. The molecule has 8 nitrogen and oxygen atoms in total. The van der Waals surface area contributed by atoms with Gasteiger partial charge < -0.3 is 10.2 Å². The van der Waals surface area contributed by atoms with Gasteiger partial charge in [0.15, 0.2) is 0 Å². The number of hydrogen-bond acceptors (Lipinski definition) is 4. The molecule has 31 heavy (non-hydrogen) atoms. The van der Waals surface area contributed by atoms with Gasteiger partial charge in [-0.25, -0.2) is 0 Å². The highest BCUT2D eigenvalue weighted by Crippen LogP contribution is 2.26.